The van der Waals surface area contributed by atoms with Crippen molar-refractivity contribution in [1.82, 2.24) is 0 Å². The molecule has 1 heterocycles. The van der Waals surface area contributed by atoms with Crippen molar-refractivity contribution in [1.29, 1.82) is 0 Å². The lowest BCUT2D eigenvalue weighted by atomic mass is 10.0. The van der Waals surface area contributed by atoms with Gasteiger partial charge in [0.05, 0.1) is 12.7 Å². The zero-order valence-corrected chi connectivity index (χ0v) is 8.44. The van der Waals surface area contributed by atoms with Crippen LogP contribution in [-0.2, 0) is 11.2 Å². The third-order valence-corrected chi connectivity index (χ3v) is 2.89. The molecule has 2 atom stereocenters. The van der Waals surface area contributed by atoms with Crippen molar-refractivity contribution in [2.24, 2.45) is 0 Å². The topological polar surface area (TPSA) is 32.8 Å². The van der Waals surface area contributed by atoms with Gasteiger partial charge in [-0.1, -0.05) is 30.3 Å². The molecular weight excluding hydrogens is 176 g/mol. The Morgan fingerprint density at radius 2 is 2.07 bits per heavy atom. The largest absolute Gasteiger partial charge is 0.393 e. The Hall–Kier alpha value is -0.860. The lowest BCUT2D eigenvalue weighted by Gasteiger charge is -2.01. The Morgan fingerprint density at radius 3 is 2.64 bits per heavy atom. The smallest absolute Gasteiger partial charge is 0.115 e. The molecule has 2 unspecified atom stereocenters. The van der Waals surface area contributed by atoms with Crippen LogP contribution in [0.25, 0.3) is 0 Å². The Kier molecular flexibility index (Phi) is 2.57. The quantitative estimate of drug-likeness (QED) is 0.737. The van der Waals surface area contributed by atoms with Gasteiger partial charge in [0, 0.05) is 0 Å². The Bertz CT molecular complexity index is 296. The van der Waals surface area contributed by atoms with Crippen molar-refractivity contribution in [2.45, 2.75) is 31.5 Å². The summed E-state index contributed by atoms with van der Waals surface area (Å²) in [6.45, 7) is 2.09. The normalized spacial score (nSPS) is 30.3. The maximum Gasteiger partial charge on any atom is 0.115 e. The highest BCUT2D eigenvalue weighted by molar-refractivity contribution is 5.15. The first-order valence-electron chi connectivity index (χ1n) is 5.07. The van der Waals surface area contributed by atoms with E-state index >= 15 is 0 Å². The summed E-state index contributed by atoms with van der Waals surface area (Å²) in [5, 5.41) is 9.01. The number of aliphatic hydroxyl groups is 1. The van der Waals surface area contributed by atoms with Gasteiger partial charge in [-0.05, 0) is 25.3 Å². The van der Waals surface area contributed by atoms with Crippen molar-refractivity contribution in [2.75, 3.05) is 6.61 Å². The lowest BCUT2D eigenvalue weighted by molar-refractivity contribution is 0.184. The molecule has 0 spiro atoms. The molecule has 1 aromatic rings. The van der Waals surface area contributed by atoms with Crippen LogP contribution in [0.4, 0.5) is 0 Å². The van der Waals surface area contributed by atoms with Gasteiger partial charge in [-0.3, -0.25) is 0 Å². The minimum atomic E-state index is -0.255. The minimum Gasteiger partial charge on any atom is -0.393 e. The Morgan fingerprint density at radius 1 is 1.36 bits per heavy atom. The Balaban J connectivity index is 1.80. The summed E-state index contributed by atoms with van der Waals surface area (Å²) in [6, 6.07) is 10.4. The summed E-state index contributed by atoms with van der Waals surface area (Å²) < 4.78 is 5.43. The van der Waals surface area contributed by atoms with Gasteiger partial charge in [-0.2, -0.15) is 0 Å². The van der Waals surface area contributed by atoms with E-state index < -0.39 is 0 Å². The van der Waals surface area contributed by atoms with Crippen molar-refractivity contribution in [3.63, 3.8) is 0 Å². The zero-order valence-electron chi connectivity index (χ0n) is 8.44. The first-order chi connectivity index (χ1) is 6.74. The van der Waals surface area contributed by atoms with Crippen molar-refractivity contribution < 1.29 is 9.84 Å². The molecule has 2 nitrogen and oxygen atoms in total. The second-order valence-corrected chi connectivity index (χ2v) is 4.10. The lowest BCUT2D eigenvalue weighted by Crippen LogP contribution is -2.15. The molecule has 0 saturated carbocycles. The van der Waals surface area contributed by atoms with Crippen LogP contribution < -0.4 is 0 Å². The summed E-state index contributed by atoms with van der Waals surface area (Å²) >= 11 is 0. The molecule has 76 valence electrons. The van der Waals surface area contributed by atoms with Gasteiger partial charge >= 0.3 is 0 Å². The predicted octanol–water partition coefficient (Wildman–Crippen LogP) is 1.77. The van der Waals surface area contributed by atoms with Crippen LogP contribution >= 0.6 is 0 Å². The molecule has 1 aliphatic heterocycles. The third-order valence-electron chi connectivity index (χ3n) is 2.89. The van der Waals surface area contributed by atoms with Crippen LogP contribution in [0.2, 0.25) is 0 Å². The van der Waals surface area contributed by atoms with Gasteiger partial charge in [0.25, 0.3) is 0 Å². The maximum atomic E-state index is 9.01. The van der Waals surface area contributed by atoms with E-state index in [9.17, 15) is 0 Å². The van der Waals surface area contributed by atoms with Crippen LogP contribution in [-0.4, -0.2) is 23.4 Å². The number of aliphatic hydroxyl groups excluding tert-OH is 1. The fraction of sp³-hybridized carbons (Fsp3) is 0.500. The number of rotatable bonds is 4. The highest BCUT2D eigenvalue weighted by Gasteiger charge is 2.50. The van der Waals surface area contributed by atoms with Crippen LogP contribution in [0.1, 0.15) is 18.9 Å². The summed E-state index contributed by atoms with van der Waals surface area (Å²) in [5.74, 6) is 0. The SMILES string of the molecule is CC1(CO)OC1CCc1ccccc1. The highest BCUT2D eigenvalue weighted by atomic mass is 16.6. The fourth-order valence-corrected chi connectivity index (χ4v) is 1.74. The molecule has 14 heavy (non-hydrogen) atoms. The van der Waals surface area contributed by atoms with Gasteiger partial charge in [0.15, 0.2) is 0 Å². The predicted molar refractivity (Wildman–Crippen MR) is 55.1 cm³/mol. The van der Waals surface area contributed by atoms with E-state index in [0.717, 1.165) is 12.8 Å². The van der Waals surface area contributed by atoms with Gasteiger partial charge in [0.1, 0.15) is 5.60 Å². The fourth-order valence-electron chi connectivity index (χ4n) is 1.74. The molecule has 1 saturated heterocycles. The third kappa shape index (κ3) is 1.97. The average Bonchev–Trinajstić information content (AvgIpc) is 2.90. The van der Waals surface area contributed by atoms with E-state index in [0.29, 0.717) is 0 Å². The molecule has 0 aliphatic carbocycles. The van der Waals surface area contributed by atoms with Crippen molar-refractivity contribution in [3.8, 4) is 0 Å². The second-order valence-electron chi connectivity index (χ2n) is 4.10. The van der Waals surface area contributed by atoms with E-state index in [2.05, 4.69) is 12.1 Å². The standard InChI is InChI=1S/C12H16O2/c1-12(9-13)11(14-12)8-7-10-5-3-2-4-6-10/h2-6,11,13H,7-9H2,1H3. The molecule has 1 N–H and O–H groups in total. The molecule has 2 heteroatoms. The van der Waals surface area contributed by atoms with Gasteiger partial charge < -0.3 is 9.84 Å². The van der Waals surface area contributed by atoms with Gasteiger partial charge in [0.2, 0.25) is 0 Å². The van der Waals surface area contributed by atoms with Gasteiger partial charge in [-0.25, -0.2) is 0 Å². The molecule has 2 rings (SSSR count). The molecule has 1 aliphatic rings. The van der Waals surface area contributed by atoms with E-state index in [1.807, 2.05) is 25.1 Å². The van der Waals surface area contributed by atoms with E-state index in [1.54, 1.807) is 0 Å². The number of epoxide rings is 1. The summed E-state index contributed by atoms with van der Waals surface area (Å²) in [6.07, 6.45) is 2.27. The molecular formula is C12H16O2. The number of hydrogen-bond acceptors (Lipinski definition) is 2. The van der Waals surface area contributed by atoms with Crippen LogP contribution in [0.3, 0.4) is 0 Å². The maximum absolute atomic E-state index is 9.01. The minimum absolute atomic E-state index is 0.131. The molecule has 1 fully saturated rings. The molecule has 1 aromatic carbocycles. The van der Waals surface area contributed by atoms with Gasteiger partial charge in [-0.15, -0.1) is 0 Å². The number of aryl methyl sites for hydroxylation is 1. The number of hydrogen-bond donors (Lipinski definition) is 1. The zero-order chi connectivity index (χ0) is 10.0. The summed E-state index contributed by atoms with van der Waals surface area (Å²) in [5.41, 5.74) is 1.08. The molecule has 0 amide bonds. The first kappa shape index (κ1) is 9.69. The van der Waals surface area contributed by atoms with Crippen molar-refractivity contribution >= 4 is 0 Å². The number of benzene rings is 1. The molecule has 0 radical (unpaired) electrons. The molecule has 0 aromatic heterocycles. The Labute approximate surface area is 84.5 Å². The highest BCUT2D eigenvalue weighted by Crippen LogP contribution is 2.38. The first-order valence-corrected chi connectivity index (χ1v) is 5.07. The summed E-state index contributed by atoms with van der Waals surface area (Å²) in [7, 11) is 0. The van der Waals surface area contributed by atoms with Crippen molar-refractivity contribution in [3.05, 3.63) is 35.9 Å². The van der Waals surface area contributed by atoms with Crippen LogP contribution in [0.5, 0.6) is 0 Å². The van der Waals surface area contributed by atoms with E-state index in [-0.39, 0.29) is 18.3 Å². The van der Waals surface area contributed by atoms with E-state index in [1.165, 1.54) is 5.56 Å². The summed E-state index contributed by atoms with van der Waals surface area (Å²) in [4.78, 5) is 0. The molecule has 0 bridgehead atoms. The van der Waals surface area contributed by atoms with Crippen LogP contribution in [0.15, 0.2) is 30.3 Å². The average molecular weight is 192 g/mol. The monoisotopic (exact) mass is 192 g/mol. The van der Waals surface area contributed by atoms with E-state index in [4.69, 9.17) is 9.84 Å². The number of ether oxygens (including phenoxy) is 1. The van der Waals surface area contributed by atoms with Crippen LogP contribution in [0, 0.1) is 0 Å². The second kappa shape index (κ2) is 3.71.